The van der Waals surface area contributed by atoms with Gasteiger partial charge in [-0.15, -0.1) is 0 Å². The van der Waals surface area contributed by atoms with Crippen LogP contribution < -0.4 is 11.4 Å². The van der Waals surface area contributed by atoms with E-state index in [4.69, 9.17) is 15.2 Å². The third kappa shape index (κ3) is 1.63. The number of nitrogen functional groups attached to an aromatic ring is 1. The Kier molecular flexibility index (Phi) is 2.40. The zero-order valence-electron chi connectivity index (χ0n) is 10.1. The maximum Gasteiger partial charge on any atom is 0.351 e. The first-order valence-electron chi connectivity index (χ1n) is 5.78. The van der Waals surface area contributed by atoms with Crippen LogP contribution in [0.15, 0.2) is 11.0 Å². The Morgan fingerprint density at radius 3 is 3.00 bits per heavy atom. The van der Waals surface area contributed by atoms with Gasteiger partial charge in [-0.3, -0.25) is 9.36 Å². The first-order chi connectivity index (χ1) is 8.91. The molecule has 3 rings (SSSR count). The number of ether oxygens (including phenoxy) is 2. The summed E-state index contributed by atoms with van der Waals surface area (Å²) >= 11 is 0. The van der Waals surface area contributed by atoms with Gasteiger partial charge in [-0.05, 0) is 6.92 Å². The van der Waals surface area contributed by atoms with Crippen LogP contribution in [0.25, 0.3) is 0 Å². The highest BCUT2D eigenvalue weighted by molar-refractivity contribution is 5.79. The molecule has 19 heavy (non-hydrogen) atoms. The second-order valence-electron chi connectivity index (χ2n) is 4.96. The molecule has 0 saturated carbocycles. The van der Waals surface area contributed by atoms with Crippen LogP contribution in [-0.4, -0.2) is 28.2 Å². The molecule has 2 saturated heterocycles. The van der Waals surface area contributed by atoms with E-state index in [9.17, 15) is 14.0 Å². The lowest BCUT2D eigenvalue weighted by molar-refractivity contribution is -0.145. The number of hydrogen-bond acceptors (Lipinski definition) is 6. The van der Waals surface area contributed by atoms with E-state index in [1.54, 1.807) is 6.92 Å². The number of nitrogens with zero attached hydrogens (tertiary/aromatic N) is 2. The highest BCUT2D eigenvalue weighted by Gasteiger charge is 2.56. The molecule has 2 N–H and O–H groups in total. The van der Waals surface area contributed by atoms with Crippen LogP contribution in [0.1, 0.15) is 19.6 Å². The van der Waals surface area contributed by atoms with Crippen LogP contribution in [0.5, 0.6) is 0 Å². The minimum Gasteiger partial charge on any atom is -0.462 e. The second kappa shape index (κ2) is 3.77. The molecule has 2 aliphatic rings. The van der Waals surface area contributed by atoms with Crippen molar-refractivity contribution in [3.05, 3.63) is 22.5 Å². The minimum absolute atomic E-state index is 0.144. The average Bonchev–Trinajstić information content (AvgIpc) is 2.81. The van der Waals surface area contributed by atoms with Crippen LogP contribution in [0.2, 0.25) is 0 Å². The van der Waals surface area contributed by atoms with E-state index < -0.39 is 35.1 Å². The van der Waals surface area contributed by atoms with Crippen LogP contribution in [0.3, 0.4) is 0 Å². The molecule has 2 aliphatic heterocycles. The number of carbonyl (C=O) groups excluding carboxylic acids is 1. The van der Waals surface area contributed by atoms with E-state index in [1.165, 1.54) is 0 Å². The first kappa shape index (κ1) is 12.1. The predicted molar refractivity (Wildman–Crippen MR) is 60.5 cm³/mol. The number of rotatable bonds is 1. The molecule has 0 aromatic carbocycles. The molecule has 7 nitrogen and oxygen atoms in total. The molecule has 102 valence electrons. The van der Waals surface area contributed by atoms with Crippen molar-refractivity contribution >= 4 is 11.8 Å². The quantitative estimate of drug-likeness (QED) is 0.710. The molecule has 3 atom stereocenters. The number of esters is 1. The van der Waals surface area contributed by atoms with E-state index in [-0.39, 0.29) is 19.0 Å². The highest BCUT2D eigenvalue weighted by Crippen LogP contribution is 2.47. The van der Waals surface area contributed by atoms with E-state index in [0.717, 1.165) is 10.8 Å². The molecular weight excluding hydrogens is 257 g/mol. The molecule has 2 fully saturated rings. The Bertz CT molecular complexity index is 616. The van der Waals surface area contributed by atoms with Crippen molar-refractivity contribution in [1.29, 1.82) is 0 Å². The highest BCUT2D eigenvalue weighted by atomic mass is 19.1. The van der Waals surface area contributed by atoms with Crippen LogP contribution in [0, 0.1) is 11.2 Å². The predicted octanol–water partition coefficient (Wildman–Crippen LogP) is -0.185. The summed E-state index contributed by atoms with van der Waals surface area (Å²) in [5.41, 5.74) is 3.70. The zero-order chi connectivity index (χ0) is 13.8. The molecule has 0 radical (unpaired) electrons. The van der Waals surface area contributed by atoms with Gasteiger partial charge >= 0.3 is 11.7 Å². The molecule has 1 aromatic rings. The van der Waals surface area contributed by atoms with Crippen molar-refractivity contribution in [3.63, 3.8) is 0 Å². The molecule has 0 bridgehead atoms. The van der Waals surface area contributed by atoms with Gasteiger partial charge in [0.2, 0.25) is 0 Å². The molecule has 0 spiro atoms. The van der Waals surface area contributed by atoms with E-state index in [2.05, 4.69) is 4.98 Å². The van der Waals surface area contributed by atoms with Gasteiger partial charge in [-0.25, -0.2) is 9.18 Å². The molecule has 0 amide bonds. The van der Waals surface area contributed by atoms with E-state index >= 15 is 0 Å². The summed E-state index contributed by atoms with van der Waals surface area (Å²) in [6.07, 6.45) is 0.0162. The number of halogens is 1. The van der Waals surface area contributed by atoms with Crippen molar-refractivity contribution in [3.8, 4) is 0 Å². The number of anilines is 1. The van der Waals surface area contributed by atoms with E-state index in [0.29, 0.717) is 0 Å². The molecule has 1 aromatic heterocycles. The fraction of sp³-hybridized carbons (Fsp3) is 0.545. The Morgan fingerprint density at radius 1 is 1.58 bits per heavy atom. The summed E-state index contributed by atoms with van der Waals surface area (Å²) in [7, 11) is 0. The second-order valence-corrected chi connectivity index (χ2v) is 4.96. The minimum atomic E-state index is -0.804. The lowest BCUT2D eigenvalue weighted by atomic mass is 9.85. The third-order valence-electron chi connectivity index (χ3n) is 3.71. The van der Waals surface area contributed by atoms with Crippen molar-refractivity contribution in [2.45, 2.75) is 25.7 Å². The Balaban J connectivity index is 1.96. The molecule has 3 heterocycles. The van der Waals surface area contributed by atoms with Gasteiger partial charge in [0.15, 0.2) is 11.6 Å². The van der Waals surface area contributed by atoms with Crippen molar-refractivity contribution in [2.75, 3.05) is 12.3 Å². The van der Waals surface area contributed by atoms with E-state index in [1.807, 2.05) is 0 Å². The molecule has 0 aliphatic carbocycles. The standard InChI is InChI=1S/C11H12FN3O4/c1-11-2-7(19-6(11)4-18-9(11)16)15-3-5(12)8(13)14-10(15)17/h3,6-7H,2,4H2,1H3,(H2,13,14,17)/t6-,7-,11-/m1/s1. The fourth-order valence-electron chi connectivity index (χ4n) is 2.46. The van der Waals surface area contributed by atoms with Crippen molar-refractivity contribution < 1.29 is 18.7 Å². The average molecular weight is 269 g/mol. The largest absolute Gasteiger partial charge is 0.462 e. The van der Waals surface area contributed by atoms with Crippen LogP contribution in [0.4, 0.5) is 10.2 Å². The lowest BCUT2D eigenvalue weighted by Crippen LogP contribution is -2.30. The van der Waals surface area contributed by atoms with Gasteiger partial charge < -0.3 is 15.2 Å². The van der Waals surface area contributed by atoms with Gasteiger partial charge in [0.1, 0.15) is 18.9 Å². The lowest BCUT2D eigenvalue weighted by Gasteiger charge is -2.15. The third-order valence-corrected chi connectivity index (χ3v) is 3.71. The fourth-order valence-corrected chi connectivity index (χ4v) is 2.46. The number of nitrogens with two attached hydrogens (primary N) is 1. The number of hydrogen-bond donors (Lipinski definition) is 1. The summed E-state index contributed by atoms with van der Waals surface area (Å²) < 4.78 is 24.9. The van der Waals surface area contributed by atoms with Gasteiger partial charge in [0, 0.05) is 6.42 Å². The van der Waals surface area contributed by atoms with Crippen LogP contribution >= 0.6 is 0 Å². The maximum absolute atomic E-state index is 13.4. The van der Waals surface area contributed by atoms with Crippen molar-refractivity contribution in [1.82, 2.24) is 9.55 Å². The molecular formula is C11H12FN3O4. The zero-order valence-corrected chi connectivity index (χ0v) is 10.1. The summed E-state index contributed by atoms with van der Waals surface area (Å²) in [6, 6.07) is 0. The summed E-state index contributed by atoms with van der Waals surface area (Å²) in [5, 5.41) is 0. The number of carbonyl (C=O) groups is 1. The van der Waals surface area contributed by atoms with Gasteiger partial charge in [0.25, 0.3) is 0 Å². The Labute approximate surface area is 107 Å². The smallest absolute Gasteiger partial charge is 0.351 e. The monoisotopic (exact) mass is 269 g/mol. The van der Waals surface area contributed by atoms with Crippen LogP contribution in [-0.2, 0) is 14.3 Å². The first-order valence-corrected chi connectivity index (χ1v) is 5.78. The Morgan fingerprint density at radius 2 is 2.32 bits per heavy atom. The summed E-state index contributed by atoms with van der Waals surface area (Å²) in [6.45, 7) is 1.85. The maximum atomic E-state index is 13.4. The summed E-state index contributed by atoms with van der Waals surface area (Å²) in [5.74, 6) is -1.62. The van der Waals surface area contributed by atoms with Gasteiger partial charge in [0.05, 0.1) is 11.6 Å². The van der Waals surface area contributed by atoms with Gasteiger partial charge in [-0.2, -0.15) is 4.98 Å². The van der Waals surface area contributed by atoms with Crippen molar-refractivity contribution in [2.24, 2.45) is 5.41 Å². The number of fused-ring (bicyclic) bond motifs is 1. The normalized spacial score (nSPS) is 33.3. The molecule has 0 unspecified atom stereocenters. The SMILES string of the molecule is C[C@@]12C[C@H](n3cc(F)c(N)nc3=O)O[C@@H]1COC2=O. The number of cyclic esters (lactones) is 1. The topological polar surface area (TPSA) is 96.4 Å². The summed E-state index contributed by atoms with van der Waals surface area (Å²) in [4.78, 5) is 26.7. The van der Waals surface area contributed by atoms with Gasteiger partial charge in [-0.1, -0.05) is 0 Å². The number of aromatic nitrogens is 2. The Hall–Kier alpha value is -1.96. The molecule has 8 heteroatoms.